The van der Waals surface area contributed by atoms with E-state index in [2.05, 4.69) is 6.92 Å². The molecule has 0 aliphatic heterocycles. The van der Waals surface area contributed by atoms with Crippen molar-refractivity contribution in [1.29, 1.82) is 0 Å². The van der Waals surface area contributed by atoms with Gasteiger partial charge in [-0.25, -0.2) is 4.39 Å². The fourth-order valence-corrected chi connectivity index (χ4v) is 2.73. The number of ether oxygens (including phenoxy) is 1. The normalized spacial score (nSPS) is 25.8. The third-order valence-electron chi connectivity index (χ3n) is 4.03. The van der Waals surface area contributed by atoms with Crippen LogP contribution < -0.4 is 4.74 Å². The first-order valence-electron chi connectivity index (χ1n) is 6.63. The zero-order valence-corrected chi connectivity index (χ0v) is 11.0. The first-order chi connectivity index (χ1) is 8.61. The van der Waals surface area contributed by atoms with E-state index >= 15 is 0 Å². The third kappa shape index (κ3) is 2.83. The quantitative estimate of drug-likeness (QED) is 0.889. The van der Waals surface area contributed by atoms with Gasteiger partial charge < -0.3 is 9.84 Å². The van der Waals surface area contributed by atoms with Gasteiger partial charge in [-0.05, 0) is 36.8 Å². The number of aliphatic hydroxyl groups is 1. The Morgan fingerprint density at radius 2 is 1.94 bits per heavy atom. The molecule has 0 bridgehead atoms. The smallest absolute Gasteiger partial charge is 0.132 e. The second kappa shape index (κ2) is 5.70. The van der Waals surface area contributed by atoms with Gasteiger partial charge in [0.1, 0.15) is 11.6 Å². The highest BCUT2D eigenvalue weighted by Crippen LogP contribution is 2.37. The largest absolute Gasteiger partial charge is 0.497 e. The SMILES string of the molecule is COc1ccc(C(O)C2CCC(C)CC2)c(F)c1. The minimum Gasteiger partial charge on any atom is -0.497 e. The lowest BCUT2D eigenvalue weighted by Crippen LogP contribution is -2.20. The van der Waals surface area contributed by atoms with Crippen molar-refractivity contribution in [2.45, 2.75) is 38.7 Å². The molecule has 0 radical (unpaired) electrons. The Balaban J connectivity index is 2.11. The van der Waals surface area contributed by atoms with Crippen molar-refractivity contribution in [2.24, 2.45) is 11.8 Å². The molecule has 3 heteroatoms. The van der Waals surface area contributed by atoms with Gasteiger partial charge in [-0.3, -0.25) is 0 Å². The molecule has 0 spiro atoms. The summed E-state index contributed by atoms with van der Waals surface area (Å²) < 4.78 is 18.8. The van der Waals surface area contributed by atoms with Gasteiger partial charge in [-0.15, -0.1) is 0 Å². The lowest BCUT2D eigenvalue weighted by molar-refractivity contribution is 0.0725. The highest BCUT2D eigenvalue weighted by molar-refractivity contribution is 5.30. The Hall–Kier alpha value is -1.09. The summed E-state index contributed by atoms with van der Waals surface area (Å²) in [7, 11) is 1.51. The Kier molecular flexibility index (Phi) is 4.23. The fraction of sp³-hybridized carbons (Fsp3) is 0.600. The number of hydrogen-bond donors (Lipinski definition) is 1. The zero-order chi connectivity index (χ0) is 13.1. The molecule has 100 valence electrons. The van der Waals surface area contributed by atoms with Crippen LogP contribution in [0.25, 0.3) is 0 Å². The summed E-state index contributed by atoms with van der Waals surface area (Å²) in [6, 6.07) is 4.67. The predicted molar refractivity (Wildman–Crippen MR) is 69.0 cm³/mol. The number of aliphatic hydroxyl groups excluding tert-OH is 1. The molecule has 1 aromatic rings. The molecule has 0 amide bonds. The van der Waals surface area contributed by atoms with Crippen molar-refractivity contribution in [1.82, 2.24) is 0 Å². The van der Waals surface area contributed by atoms with Gasteiger partial charge in [0.05, 0.1) is 13.2 Å². The van der Waals surface area contributed by atoms with E-state index in [1.165, 1.54) is 13.2 Å². The van der Waals surface area contributed by atoms with E-state index in [0.29, 0.717) is 11.3 Å². The highest BCUT2D eigenvalue weighted by Gasteiger charge is 2.27. The number of methoxy groups -OCH3 is 1. The van der Waals surface area contributed by atoms with Gasteiger partial charge in [0, 0.05) is 11.6 Å². The third-order valence-corrected chi connectivity index (χ3v) is 4.03. The average molecular weight is 252 g/mol. The first kappa shape index (κ1) is 13.3. The Morgan fingerprint density at radius 3 is 2.50 bits per heavy atom. The van der Waals surface area contributed by atoms with Crippen LogP contribution in [0.5, 0.6) is 5.75 Å². The second-order valence-electron chi connectivity index (χ2n) is 5.35. The molecular weight excluding hydrogens is 231 g/mol. The molecule has 0 heterocycles. The van der Waals surface area contributed by atoms with Crippen LogP contribution >= 0.6 is 0 Å². The Labute approximate surface area is 108 Å². The summed E-state index contributed by atoms with van der Waals surface area (Å²) in [6.45, 7) is 2.23. The maximum atomic E-state index is 13.9. The van der Waals surface area contributed by atoms with Crippen LogP contribution in [0.2, 0.25) is 0 Å². The maximum absolute atomic E-state index is 13.9. The van der Waals surface area contributed by atoms with E-state index in [9.17, 15) is 9.50 Å². The van der Waals surface area contributed by atoms with Crippen molar-refractivity contribution in [3.63, 3.8) is 0 Å². The summed E-state index contributed by atoms with van der Waals surface area (Å²) in [5, 5.41) is 10.3. The molecule has 2 nitrogen and oxygen atoms in total. The van der Waals surface area contributed by atoms with Crippen LogP contribution in [-0.2, 0) is 0 Å². The number of halogens is 1. The molecule has 1 saturated carbocycles. The highest BCUT2D eigenvalue weighted by atomic mass is 19.1. The summed E-state index contributed by atoms with van der Waals surface area (Å²) in [5.74, 6) is 1.03. The molecule has 1 aromatic carbocycles. The lowest BCUT2D eigenvalue weighted by Gasteiger charge is -2.30. The van der Waals surface area contributed by atoms with E-state index in [-0.39, 0.29) is 11.7 Å². The van der Waals surface area contributed by atoms with Crippen molar-refractivity contribution >= 4 is 0 Å². The fourth-order valence-electron chi connectivity index (χ4n) is 2.73. The van der Waals surface area contributed by atoms with E-state index < -0.39 is 6.10 Å². The molecule has 0 saturated heterocycles. The molecule has 1 fully saturated rings. The van der Waals surface area contributed by atoms with Crippen LogP contribution in [0.3, 0.4) is 0 Å². The molecule has 0 aromatic heterocycles. The van der Waals surface area contributed by atoms with Gasteiger partial charge >= 0.3 is 0 Å². The monoisotopic (exact) mass is 252 g/mol. The van der Waals surface area contributed by atoms with E-state index in [1.807, 2.05) is 0 Å². The minimum atomic E-state index is -0.691. The van der Waals surface area contributed by atoms with E-state index in [1.54, 1.807) is 12.1 Å². The molecule has 18 heavy (non-hydrogen) atoms. The number of rotatable bonds is 3. The summed E-state index contributed by atoms with van der Waals surface area (Å²) in [6.07, 6.45) is 3.52. The minimum absolute atomic E-state index is 0.184. The van der Waals surface area contributed by atoms with E-state index in [4.69, 9.17) is 4.74 Å². The lowest BCUT2D eigenvalue weighted by atomic mass is 9.78. The van der Waals surface area contributed by atoms with Gasteiger partial charge in [-0.1, -0.05) is 19.8 Å². The van der Waals surface area contributed by atoms with Crippen LogP contribution in [0.15, 0.2) is 18.2 Å². The molecule has 1 unspecified atom stereocenters. The second-order valence-corrected chi connectivity index (χ2v) is 5.35. The van der Waals surface area contributed by atoms with E-state index in [0.717, 1.165) is 31.6 Å². The van der Waals surface area contributed by atoms with Crippen LogP contribution in [-0.4, -0.2) is 12.2 Å². The summed E-state index contributed by atoms with van der Waals surface area (Å²) in [5.41, 5.74) is 0.398. The van der Waals surface area contributed by atoms with Crippen molar-refractivity contribution in [3.05, 3.63) is 29.6 Å². The maximum Gasteiger partial charge on any atom is 0.132 e. The predicted octanol–water partition coefficient (Wildman–Crippen LogP) is 3.69. The molecular formula is C15H21FO2. The summed E-state index contributed by atoms with van der Waals surface area (Å²) >= 11 is 0. The van der Waals surface area contributed by atoms with Crippen LogP contribution in [0.1, 0.15) is 44.3 Å². The van der Waals surface area contributed by atoms with Crippen LogP contribution in [0, 0.1) is 17.7 Å². The Morgan fingerprint density at radius 1 is 1.28 bits per heavy atom. The first-order valence-corrected chi connectivity index (χ1v) is 6.63. The number of benzene rings is 1. The number of hydrogen-bond acceptors (Lipinski definition) is 2. The average Bonchev–Trinajstić information content (AvgIpc) is 2.38. The van der Waals surface area contributed by atoms with Gasteiger partial charge in [-0.2, -0.15) is 0 Å². The van der Waals surface area contributed by atoms with Crippen LogP contribution in [0.4, 0.5) is 4.39 Å². The topological polar surface area (TPSA) is 29.5 Å². The molecule has 1 aliphatic carbocycles. The standard InChI is InChI=1S/C15H21FO2/c1-10-3-5-11(6-4-10)15(17)13-8-7-12(18-2)9-14(13)16/h7-11,15,17H,3-6H2,1-2H3. The molecule has 1 atom stereocenters. The van der Waals surface area contributed by atoms with Gasteiger partial charge in [0.2, 0.25) is 0 Å². The van der Waals surface area contributed by atoms with Crippen molar-refractivity contribution in [2.75, 3.05) is 7.11 Å². The van der Waals surface area contributed by atoms with Crippen molar-refractivity contribution < 1.29 is 14.2 Å². The molecule has 2 rings (SSSR count). The van der Waals surface area contributed by atoms with Crippen molar-refractivity contribution in [3.8, 4) is 5.75 Å². The van der Waals surface area contributed by atoms with Gasteiger partial charge in [0.15, 0.2) is 0 Å². The Bertz CT molecular complexity index is 397. The molecule has 1 N–H and O–H groups in total. The zero-order valence-electron chi connectivity index (χ0n) is 11.0. The molecule has 1 aliphatic rings. The summed E-state index contributed by atoms with van der Waals surface area (Å²) in [4.78, 5) is 0. The van der Waals surface area contributed by atoms with Gasteiger partial charge in [0.25, 0.3) is 0 Å².